The molecule has 8 heavy (non-hydrogen) atoms. The monoisotopic (exact) mass is 118 g/mol. The van der Waals surface area contributed by atoms with Crippen molar-refractivity contribution < 1.29 is 9.84 Å². The first-order chi connectivity index (χ1) is 3.42. The van der Waals surface area contributed by atoms with Crippen LogP contribution >= 0.6 is 0 Å². The quantitative estimate of drug-likeness (QED) is 0.523. The fourth-order valence-electron chi connectivity index (χ4n) is 0.512. The van der Waals surface area contributed by atoms with Gasteiger partial charge in [0.25, 0.3) is 0 Å². The highest BCUT2D eigenvalue weighted by atomic mass is 16.6. The number of hydrogen-bond donors (Lipinski definition) is 1. The van der Waals surface area contributed by atoms with Crippen LogP contribution in [0.4, 0.5) is 0 Å². The Morgan fingerprint density at radius 1 is 1.38 bits per heavy atom. The Morgan fingerprint density at radius 3 is 1.75 bits per heavy atom. The lowest BCUT2D eigenvalue weighted by Gasteiger charge is -2.21. The first-order valence-corrected chi connectivity index (χ1v) is 2.78. The lowest BCUT2D eigenvalue weighted by atomic mass is 10.2. The second-order valence-electron chi connectivity index (χ2n) is 2.83. The van der Waals surface area contributed by atoms with Crippen LogP contribution in [0.2, 0.25) is 0 Å². The maximum Gasteiger partial charge on any atom is 0.152 e. The van der Waals surface area contributed by atoms with Crippen molar-refractivity contribution >= 4 is 0 Å². The summed E-state index contributed by atoms with van der Waals surface area (Å²) >= 11 is 0. The molecule has 0 aliphatic carbocycles. The molecule has 0 aromatic rings. The van der Waals surface area contributed by atoms with Gasteiger partial charge < -0.3 is 9.84 Å². The van der Waals surface area contributed by atoms with E-state index < -0.39 is 6.29 Å². The normalized spacial score (nSPS) is 16.1. The van der Waals surface area contributed by atoms with Crippen LogP contribution in [-0.2, 0) is 4.74 Å². The minimum atomic E-state index is -0.657. The molecule has 0 bridgehead atoms. The van der Waals surface area contributed by atoms with Gasteiger partial charge in [-0.3, -0.25) is 0 Å². The van der Waals surface area contributed by atoms with Gasteiger partial charge in [0.2, 0.25) is 0 Å². The highest BCUT2D eigenvalue weighted by Gasteiger charge is 2.11. The van der Waals surface area contributed by atoms with Crippen LogP contribution < -0.4 is 0 Å². The molecule has 2 nitrogen and oxygen atoms in total. The topological polar surface area (TPSA) is 29.5 Å². The Kier molecular flexibility index (Phi) is 2.44. The van der Waals surface area contributed by atoms with Crippen molar-refractivity contribution in [1.29, 1.82) is 0 Å². The second-order valence-corrected chi connectivity index (χ2v) is 2.83. The predicted octanol–water partition coefficient (Wildman–Crippen LogP) is 1.14. The smallest absolute Gasteiger partial charge is 0.152 e. The molecule has 0 fully saturated rings. The average Bonchev–Trinajstić information content (AvgIpc) is 1.21. The van der Waals surface area contributed by atoms with Crippen molar-refractivity contribution in [2.75, 3.05) is 0 Å². The molecule has 0 rings (SSSR count). The van der Waals surface area contributed by atoms with Gasteiger partial charge in [-0.2, -0.15) is 0 Å². The first kappa shape index (κ1) is 7.92. The van der Waals surface area contributed by atoms with Gasteiger partial charge in [-0.15, -0.1) is 0 Å². The fourth-order valence-corrected chi connectivity index (χ4v) is 0.512. The Labute approximate surface area is 50.5 Å². The first-order valence-electron chi connectivity index (χ1n) is 2.78. The molecule has 0 spiro atoms. The lowest BCUT2D eigenvalue weighted by Crippen LogP contribution is -2.24. The summed E-state index contributed by atoms with van der Waals surface area (Å²) in [5, 5.41) is 8.67. The van der Waals surface area contributed by atoms with Gasteiger partial charge in [-0.1, -0.05) is 0 Å². The number of rotatable bonds is 1. The van der Waals surface area contributed by atoms with Crippen LogP contribution in [0, 0.1) is 0 Å². The van der Waals surface area contributed by atoms with Gasteiger partial charge in [0.15, 0.2) is 6.29 Å². The van der Waals surface area contributed by atoms with Crippen molar-refractivity contribution in [3.8, 4) is 0 Å². The molecule has 2 heteroatoms. The lowest BCUT2D eigenvalue weighted by molar-refractivity contribution is -0.154. The second kappa shape index (κ2) is 2.46. The molecule has 0 aliphatic heterocycles. The van der Waals surface area contributed by atoms with Gasteiger partial charge in [0.1, 0.15) is 0 Å². The van der Waals surface area contributed by atoms with Gasteiger partial charge in [-0.25, -0.2) is 0 Å². The van der Waals surface area contributed by atoms with E-state index >= 15 is 0 Å². The zero-order valence-corrected chi connectivity index (χ0v) is 5.93. The Morgan fingerprint density at radius 2 is 1.75 bits per heavy atom. The van der Waals surface area contributed by atoms with Crippen LogP contribution in [0.5, 0.6) is 0 Å². The van der Waals surface area contributed by atoms with E-state index in [1.807, 2.05) is 20.8 Å². The summed E-state index contributed by atoms with van der Waals surface area (Å²) in [6.07, 6.45) is -0.657. The minimum absolute atomic E-state index is 0.228. The maximum atomic E-state index is 8.67. The van der Waals surface area contributed by atoms with E-state index in [1.54, 1.807) is 6.92 Å². The standard InChI is InChI=1S/C6H14O2/c1-5(7)8-6(2,3)4/h5,7H,1-4H3/t5-/m1/s1. The molecule has 0 unspecified atom stereocenters. The average molecular weight is 118 g/mol. The summed E-state index contributed by atoms with van der Waals surface area (Å²) in [4.78, 5) is 0. The summed E-state index contributed by atoms with van der Waals surface area (Å²) in [5.41, 5.74) is -0.228. The van der Waals surface area contributed by atoms with Gasteiger partial charge >= 0.3 is 0 Å². The van der Waals surface area contributed by atoms with E-state index in [1.165, 1.54) is 0 Å². The minimum Gasteiger partial charge on any atom is -0.368 e. The van der Waals surface area contributed by atoms with E-state index in [2.05, 4.69) is 0 Å². The predicted molar refractivity (Wildman–Crippen MR) is 32.5 cm³/mol. The summed E-state index contributed by atoms with van der Waals surface area (Å²) in [6.45, 7) is 7.31. The van der Waals surface area contributed by atoms with Gasteiger partial charge in [0.05, 0.1) is 5.60 Å². The van der Waals surface area contributed by atoms with Crippen LogP contribution in [0.25, 0.3) is 0 Å². The highest BCUT2D eigenvalue weighted by molar-refractivity contribution is 4.57. The fraction of sp³-hybridized carbons (Fsp3) is 1.00. The number of aliphatic hydroxyl groups excluding tert-OH is 1. The molecule has 1 N–H and O–H groups in total. The molecule has 0 saturated heterocycles. The van der Waals surface area contributed by atoms with Crippen LogP contribution in [0.1, 0.15) is 27.7 Å². The third-order valence-electron chi connectivity index (χ3n) is 0.524. The van der Waals surface area contributed by atoms with Crippen molar-refractivity contribution in [2.24, 2.45) is 0 Å². The van der Waals surface area contributed by atoms with E-state index in [4.69, 9.17) is 9.84 Å². The molecular weight excluding hydrogens is 104 g/mol. The summed E-state index contributed by atoms with van der Waals surface area (Å²) in [5.74, 6) is 0. The van der Waals surface area contributed by atoms with Crippen molar-refractivity contribution in [2.45, 2.75) is 39.6 Å². The molecule has 0 heterocycles. The summed E-state index contributed by atoms with van der Waals surface area (Å²) in [7, 11) is 0. The number of hydrogen-bond acceptors (Lipinski definition) is 2. The van der Waals surface area contributed by atoms with Crippen LogP contribution in [0.15, 0.2) is 0 Å². The largest absolute Gasteiger partial charge is 0.368 e. The molecule has 0 radical (unpaired) electrons. The van der Waals surface area contributed by atoms with E-state index in [-0.39, 0.29) is 5.60 Å². The van der Waals surface area contributed by atoms with E-state index in [0.29, 0.717) is 0 Å². The molecule has 0 aromatic carbocycles. The molecule has 1 atom stereocenters. The zero-order valence-electron chi connectivity index (χ0n) is 5.93. The van der Waals surface area contributed by atoms with Gasteiger partial charge in [0, 0.05) is 0 Å². The zero-order chi connectivity index (χ0) is 6.78. The van der Waals surface area contributed by atoms with Crippen LogP contribution in [-0.4, -0.2) is 17.0 Å². The SMILES string of the molecule is C[C@H](O)OC(C)(C)C. The summed E-state index contributed by atoms with van der Waals surface area (Å²) < 4.78 is 4.99. The molecule has 50 valence electrons. The molecule has 0 aromatic heterocycles. The van der Waals surface area contributed by atoms with Crippen molar-refractivity contribution in [1.82, 2.24) is 0 Å². The number of aliphatic hydroxyl groups is 1. The van der Waals surface area contributed by atoms with E-state index in [9.17, 15) is 0 Å². The Balaban J connectivity index is 3.39. The van der Waals surface area contributed by atoms with E-state index in [0.717, 1.165) is 0 Å². The number of ether oxygens (including phenoxy) is 1. The highest BCUT2D eigenvalue weighted by Crippen LogP contribution is 2.07. The third kappa shape index (κ3) is 5.92. The summed E-state index contributed by atoms with van der Waals surface area (Å²) in [6, 6.07) is 0. The molecule has 0 amide bonds. The third-order valence-corrected chi connectivity index (χ3v) is 0.524. The van der Waals surface area contributed by atoms with Crippen LogP contribution in [0.3, 0.4) is 0 Å². The molecule has 0 aliphatic rings. The molecular formula is C6H14O2. The molecule has 0 saturated carbocycles. The Hall–Kier alpha value is -0.0800. The van der Waals surface area contributed by atoms with Crippen molar-refractivity contribution in [3.05, 3.63) is 0 Å². The van der Waals surface area contributed by atoms with Crippen molar-refractivity contribution in [3.63, 3.8) is 0 Å². The Bertz CT molecular complexity index is 61.4. The maximum absolute atomic E-state index is 8.67. The van der Waals surface area contributed by atoms with Gasteiger partial charge in [-0.05, 0) is 27.7 Å².